The first-order valence-electron chi connectivity index (χ1n) is 6.71. The number of anilines is 1. The Bertz CT molecular complexity index is 675. The minimum absolute atomic E-state index is 0.0373. The van der Waals surface area contributed by atoms with Crippen molar-refractivity contribution < 1.29 is 0 Å². The van der Waals surface area contributed by atoms with Crippen LogP contribution in [0.15, 0.2) is 29.3 Å². The lowest BCUT2D eigenvalue weighted by Gasteiger charge is -2.40. The van der Waals surface area contributed by atoms with Gasteiger partial charge < -0.3 is 4.90 Å². The number of hydrogen-bond donors (Lipinski definition) is 0. The van der Waals surface area contributed by atoms with Gasteiger partial charge in [-0.15, -0.1) is 0 Å². The quantitative estimate of drug-likeness (QED) is 0.825. The van der Waals surface area contributed by atoms with Gasteiger partial charge in [-0.25, -0.2) is 9.67 Å². The maximum Gasteiger partial charge on any atom is 0.266 e. The lowest BCUT2D eigenvalue weighted by molar-refractivity contribution is 0.331. The predicted molar refractivity (Wildman–Crippen MR) is 75.7 cm³/mol. The Morgan fingerprint density at radius 2 is 1.95 bits per heavy atom. The molecule has 0 unspecified atom stereocenters. The molecular formula is C14H17N5O. The zero-order valence-electron chi connectivity index (χ0n) is 11.7. The zero-order chi connectivity index (χ0) is 14.1. The monoisotopic (exact) mass is 271 g/mol. The lowest BCUT2D eigenvalue weighted by atomic mass is 10.00. The summed E-state index contributed by atoms with van der Waals surface area (Å²) in [4.78, 5) is 22.5. The van der Waals surface area contributed by atoms with Crippen LogP contribution in [0.25, 0.3) is 0 Å². The molecule has 0 spiro atoms. The average molecular weight is 271 g/mol. The minimum atomic E-state index is -0.0373. The van der Waals surface area contributed by atoms with Gasteiger partial charge in [0.05, 0.1) is 17.9 Å². The maximum absolute atomic E-state index is 11.7. The summed E-state index contributed by atoms with van der Waals surface area (Å²) in [6.07, 6.45) is 3.41. The van der Waals surface area contributed by atoms with Gasteiger partial charge in [0, 0.05) is 37.5 Å². The van der Waals surface area contributed by atoms with Crippen LogP contribution in [0.5, 0.6) is 0 Å². The highest BCUT2D eigenvalue weighted by Gasteiger charge is 2.29. The molecule has 6 heteroatoms. The summed E-state index contributed by atoms with van der Waals surface area (Å²) in [5.74, 6) is 1.37. The Kier molecular flexibility index (Phi) is 3.22. The van der Waals surface area contributed by atoms with Crippen molar-refractivity contribution in [2.75, 3.05) is 18.0 Å². The molecule has 2 aromatic rings. The topological polar surface area (TPSA) is 63.9 Å². The molecule has 0 saturated carbocycles. The molecule has 0 bridgehead atoms. The smallest absolute Gasteiger partial charge is 0.266 e. The normalized spacial score (nSPS) is 15.2. The standard InChI is InChI=1S/C14H17N5O/c1-10-3-4-13(20)19(17-10)9-12-7-18(8-12)14-11(2)15-5-6-16-14/h3-6,12H,7-9H2,1-2H3. The number of aryl methyl sites for hydroxylation is 2. The molecule has 104 valence electrons. The number of aromatic nitrogens is 4. The Morgan fingerprint density at radius 3 is 2.70 bits per heavy atom. The van der Waals surface area contributed by atoms with Crippen molar-refractivity contribution in [3.63, 3.8) is 0 Å². The molecule has 1 aliphatic heterocycles. The van der Waals surface area contributed by atoms with Crippen molar-refractivity contribution in [3.05, 3.63) is 46.3 Å². The first-order chi connectivity index (χ1) is 9.63. The van der Waals surface area contributed by atoms with Crippen LogP contribution in [-0.2, 0) is 6.54 Å². The third-order valence-electron chi connectivity index (χ3n) is 3.54. The van der Waals surface area contributed by atoms with Crippen LogP contribution in [0.1, 0.15) is 11.4 Å². The van der Waals surface area contributed by atoms with Crippen LogP contribution in [0, 0.1) is 19.8 Å². The third-order valence-corrected chi connectivity index (χ3v) is 3.54. The van der Waals surface area contributed by atoms with Gasteiger partial charge in [0.2, 0.25) is 0 Å². The van der Waals surface area contributed by atoms with Crippen molar-refractivity contribution in [2.24, 2.45) is 5.92 Å². The van der Waals surface area contributed by atoms with Crippen molar-refractivity contribution in [3.8, 4) is 0 Å². The average Bonchev–Trinajstić information content (AvgIpc) is 2.38. The van der Waals surface area contributed by atoms with E-state index in [9.17, 15) is 4.79 Å². The molecular weight excluding hydrogens is 254 g/mol. The zero-order valence-corrected chi connectivity index (χ0v) is 11.7. The molecule has 0 N–H and O–H groups in total. The van der Waals surface area contributed by atoms with Gasteiger partial charge in [-0.1, -0.05) is 0 Å². The summed E-state index contributed by atoms with van der Waals surface area (Å²) in [5, 5.41) is 4.27. The van der Waals surface area contributed by atoms with Crippen LogP contribution in [0.4, 0.5) is 5.82 Å². The number of hydrogen-bond acceptors (Lipinski definition) is 5. The highest BCUT2D eigenvalue weighted by Crippen LogP contribution is 2.24. The second kappa shape index (κ2) is 5.03. The van der Waals surface area contributed by atoms with Crippen molar-refractivity contribution >= 4 is 5.82 Å². The largest absolute Gasteiger partial charge is 0.354 e. The van der Waals surface area contributed by atoms with Gasteiger partial charge in [0.15, 0.2) is 0 Å². The summed E-state index contributed by atoms with van der Waals surface area (Å²) >= 11 is 0. The van der Waals surface area contributed by atoms with Gasteiger partial charge >= 0.3 is 0 Å². The van der Waals surface area contributed by atoms with E-state index < -0.39 is 0 Å². The molecule has 1 saturated heterocycles. The molecule has 3 heterocycles. The van der Waals surface area contributed by atoms with E-state index in [1.807, 2.05) is 13.8 Å². The van der Waals surface area contributed by atoms with E-state index >= 15 is 0 Å². The van der Waals surface area contributed by atoms with E-state index in [0.29, 0.717) is 12.5 Å². The second-order valence-electron chi connectivity index (χ2n) is 5.23. The van der Waals surface area contributed by atoms with E-state index in [2.05, 4.69) is 20.0 Å². The van der Waals surface area contributed by atoms with Crippen LogP contribution in [0.2, 0.25) is 0 Å². The summed E-state index contributed by atoms with van der Waals surface area (Å²) in [6, 6.07) is 3.32. The van der Waals surface area contributed by atoms with E-state index in [-0.39, 0.29) is 5.56 Å². The van der Waals surface area contributed by atoms with E-state index in [4.69, 9.17) is 0 Å². The molecule has 0 atom stereocenters. The van der Waals surface area contributed by atoms with Crippen molar-refractivity contribution in [2.45, 2.75) is 20.4 Å². The summed E-state index contributed by atoms with van der Waals surface area (Å²) in [5.41, 5.74) is 1.77. The Morgan fingerprint density at radius 1 is 1.20 bits per heavy atom. The van der Waals surface area contributed by atoms with Crippen molar-refractivity contribution in [1.82, 2.24) is 19.7 Å². The number of nitrogens with zero attached hydrogens (tertiary/aromatic N) is 5. The first-order valence-corrected chi connectivity index (χ1v) is 6.71. The fourth-order valence-electron chi connectivity index (χ4n) is 2.50. The van der Waals surface area contributed by atoms with Crippen LogP contribution < -0.4 is 10.5 Å². The predicted octanol–water partition coefficient (Wildman–Crippen LogP) is 0.787. The van der Waals surface area contributed by atoms with Crippen LogP contribution in [-0.4, -0.2) is 32.8 Å². The molecule has 0 aromatic carbocycles. The van der Waals surface area contributed by atoms with Crippen molar-refractivity contribution in [1.29, 1.82) is 0 Å². The maximum atomic E-state index is 11.7. The highest BCUT2D eigenvalue weighted by molar-refractivity contribution is 5.44. The molecule has 2 aromatic heterocycles. The molecule has 0 aliphatic carbocycles. The summed E-state index contributed by atoms with van der Waals surface area (Å²) < 4.78 is 1.56. The van der Waals surface area contributed by atoms with Gasteiger partial charge in [-0.05, 0) is 19.9 Å². The van der Waals surface area contributed by atoms with Crippen LogP contribution >= 0.6 is 0 Å². The Labute approximate surface area is 117 Å². The minimum Gasteiger partial charge on any atom is -0.354 e. The molecule has 3 rings (SSSR count). The second-order valence-corrected chi connectivity index (χ2v) is 5.23. The van der Waals surface area contributed by atoms with E-state index in [0.717, 1.165) is 30.3 Å². The third kappa shape index (κ3) is 2.41. The molecule has 1 fully saturated rings. The number of rotatable bonds is 3. The van der Waals surface area contributed by atoms with Gasteiger partial charge in [0.25, 0.3) is 5.56 Å². The molecule has 6 nitrogen and oxygen atoms in total. The van der Waals surface area contributed by atoms with Gasteiger partial charge in [-0.2, -0.15) is 5.10 Å². The van der Waals surface area contributed by atoms with E-state index in [1.165, 1.54) is 0 Å². The van der Waals surface area contributed by atoms with Gasteiger partial charge in [0.1, 0.15) is 5.82 Å². The molecule has 20 heavy (non-hydrogen) atoms. The summed E-state index contributed by atoms with van der Waals surface area (Å²) in [6.45, 7) is 6.30. The fraction of sp³-hybridized carbons (Fsp3) is 0.429. The fourth-order valence-corrected chi connectivity index (χ4v) is 2.50. The van der Waals surface area contributed by atoms with Gasteiger partial charge in [-0.3, -0.25) is 9.78 Å². The molecule has 0 radical (unpaired) electrons. The van der Waals surface area contributed by atoms with Crippen LogP contribution in [0.3, 0.4) is 0 Å². The first kappa shape index (κ1) is 12.8. The SMILES string of the molecule is Cc1ccc(=O)n(CC2CN(c3nccnc3C)C2)n1. The Hall–Kier alpha value is -2.24. The lowest BCUT2D eigenvalue weighted by Crippen LogP contribution is -2.50. The highest BCUT2D eigenvalue weighted by atomic mass is 16.1. The summed E-state index contributed by atoms with van der Waals surface area (Å²) in [7, 11) is 0. The Balaban J connectivity index is 1.65. The molecule has 0 amide bonds. The molecule has 1 aliphatic rings. The van der Waals surface area contributed by atoms with E-state index in [1.54, 1.807) is 29.2 Å².